The summed E-state index contributed by atoms with van der Waals surface area (Å²) in [5, 5.41) is 8.72. The number of methoxy groups -OCH3 is 1. The summed E-state index contributed by atoms with van der Waals surface area (Å²) in [4.78, 5) is 12.6. The third-order valence-electron chi connectivity index (χ3n) is 3.07. The van der Waals surface area contributed by atoms with Gasteiger partial charge >= 0.3 is 5.97 Å². The lowest BCUT2D eigenvalue weighted by molar-refractivity contribution is -0.137. The summed E-state index contributed by atoms with van der Waals surface area (Å²) in [5.74, 6) is -0.0204. The number of ether oxygens (including phenoxy) is 1. The van der Waals surface area contributed by atoms with Gasteiger partial charge in [0.15, 0.2) is 0 Å². The van der Waals surface area contributed by atoms with Crippen molar-refractivity contribution in [1.29, 1.82) is 0 Å². The Labute approximate surface area is 114 Å². The van der Waals surface area contributed by atoms with Gasteiger partial charge in [0.05, 0.1) is 13.5 Å². The lowest BCUT2D eigenvalue weighted by Crippen LogP contribution is -2.37. The maximum absolute atomic E-state index is 10.6. The lowest BCUT2D eigenvalue weighted by atomic mass is 10.1. The quantitative estimate of drug-likeness (QED) is 0.817. The van der Waals surface area contributed by atoms with E-state index >= 15 is 0 Å². The van der Waals surface area contributed by atoms with Gasteiger partial charge < -0.3 is 20.5 Å². The topological polar surface area (TPSA) is 75.8 Å². The molecule has 3 N–H and O–H groups in total. The lowest BCUT2D eigenvalue weighted by Gasteiger charge is -2.25. The van der Waals surface area contributed by atoms with Gasteiger partial charge in [-0.15, -0.1) is 0 Å². The first-order chi connectivity index (χ1) is 8.85. The maximum Gasteiger partial charge on any atom is 0.304 e. The van der Waals surface area contributed by atoms with Crippen LogP contribution in [-0.2, 0) is 4.79 Å². The van der Waals surface area contributed by atoms with E-state index in [4.69, 9.17) is 15.6 Å². The largest absolute Gasteiger partial charge is 0.496 e. The predicted octanol–water partition coefficient (Wildman–Crippen LogP) is 1.55. The molecule has 1 aromatic carbocycles. The van der Waals surface area contributed by atoms with Crippen molar-refractivity contribution in [3.8, 4) is 5.75 Å². The van der Waals surface area contributed by atoms with Crippen LogP contribution in [0.25, 0.3) is 0 Å². The van der Waals surface area contributed by atoms with Gasteiger partial charge in [-0.3, -0.25) is 4.79 Å². The molecule has 0 fully saturated rings. The van der Waals surface area contributed by atoms with Crippen molar-refractivity contribution >= 4 is 11.7 Å². The Bertz CT molecular complexity index is 460. The van der Waals surface area contributed by atoms with Crippen LogP contribution in [0.15, 0.2) is 12.1 Å². The van der Waals surface area contributed by atoms with Crippen molar-refractivity contribution in [2.45, 2.75) is 26.3 Å². The monoisotopic (exact) mass is 266 g/mol. The molecule has 0 radical (unpaired) electrons. The van der Waals surface area contributed by atoms with E-state index in [9.17, 15) is 4.79 Å². The zero-order valence-electron chi connectivity index (χ0n) is 11.9. The number of carboxylic acid groups (broad SMARTS) is 1. The molecule has 0 heterocycles. The first-order valence-electron chi connectivity index (χ1n) is 6.19. The molecule has 0 aliphatic carbocycles. The number of hydrogen-bond acceptors (Lipinski definition) is 4. The van der Waals surface area contributed by atoms with Crippen molar-refractivity contribution in [3.05, 3.63) is 23.3 Å². The number of nitrogens with two attached hydrogens (primary N) is 1. The molecular weight excluding hydrogens is 244 g/mol. The molecule has 1 unspecified atom stereocenters. The first-order valence-corrected chi connectivity index (χ1v) is 6.19. The maximum atomic E-state index is 10.6. The Morgan fingerprint density at radius 3 is 2.58 bits per heavy atom. The number of hydrogen-bond donors (Lipinski definition) is 2. The summed E-state index contributed by atoms with van der Waals surface area (Å²) in [6.45, 7) is 4.47. The van der Waals surface area contributed by atoms with Crippen LogP contribution >= 0.6 is 0 Å². The highest BCUT2D eigenvalue weighted by Gasteiger charge is 2.14. The summed E-state index contributed by atoms with van der Waals surface area (Å²) >= 11 is 0. The minimum Gasteiger partial charge on any atom is -0.496 e. The Morgan fingerprint density at radius 1 is 1.42 bits per heavy atom. The second kappa shape index (κ2) is 6.43. The van der Waals surface area contributed by atoms with Gasteiger partial charge in [-0.2, -0.15) is 0 Å². The highest BCUT2D eigenvalue weighted by Crippen LogP contribution is 2.28. The average Bonchev–Trinajstić information content (AvgIpc) is 2.30. The Kier molecular flexibility index (Phi) is 5.18. The molecule has 1 aromatic rings. The summed E-state index contributed by atoms with van der Waals surface area (Å²) < 4.78 is 5.27. The van der Waals surface area contributed by atoms with Crippen molar-refractivity contribution < 1.29 is 14.6 Å². The summed E-state index contributed by atoms with van der Waals surface area (Å²) in [5.41, 5.74) is 8.97. The van der Waals surface area contributed by atoms with E-state index in [1.165, 1.54) is 0 Å². The molecule has 19 heavy (non-hydrogen) atoms. The molecule has 0 spiro atoms. The third-order valence-corrected chi connectivity index (χ3v) is 3.07. The van der Waals surface area contributed by atoms with Crippen LogP contribution in [0.3, 0.4) is 0 Å². The number of benzene rings is 1. The number of anilines is 1. The average molecular weight is 266 g/mol. The van der Waals surface area contributed by atoms with E-state index in [2.05, 4.69) is 0 Å². The Balaban J connectivity index is 2.85. The van der Waals surface area contributed by atoms with E-state index in [1.807, 2.05) is 37.9 Å². The number of rotatable bonds is 6. The highest BCUT2D eigenvalue weighted by atomic mass is 16.5. The van der Waals surface area contributed by atoms with Crippen molar-refractivity contribution in [3.63, 3.8) is 0 Å². The van der Waals surface area contributed by atoms with Crippen LogP contribution in [0.4, 0.5) is 5.69 Å². The summed E-state index contributed by atoms with van der Waals surface area (Å²) in [7, 11) is 3.56. The summed E-state index contributed by atoms with van der Waals surface area (Å²) in [6.07, 6.45) is -0.0292. The molecule has 0 amide bonds. The predicted molar refractivity (Wildman–Crippen MR) is 76.0 cm³/mol. The normalized spacial score (nSPS) is 12.1. The van der Waals surface area contributed by atoms with E-state index in [-0.39, 0.29) is 12.5 Å². The fraction of sp³-hybridized carbons (Fsp3) is 0.500. The number of likely N-dealkylation sites (N-methyl/N-ethyl adjacent to an activating group) is 1. The van der Waals surface area contributed by atoms with Gasteiger partial charge in [-0.1, -0.05) is 0 Å². The zero-order chi connectivity index (χ0) is 14.6. The molecule has 106 valence electrons. The molecule has 0 saturated heterocycles. The van der Waals surface area contributed by atoms with E-state index in [0.717, 1.165) is 22.6 Å². The summed E-state index contributed by atoms with van der Waals surface area (Å²) in [6, 6.07) is 3.62. The van der Waals surface area contributed by atoms with Crippen LogP contribution < -0.4 is 15.4 Å². The third kappa shape index (κ3) is 4.13. The van der Waals surface area contributed by atoms with Gasteiger partial charge in [-0.05, 0) is 37.1 Å². The van der Waals surface area contributed by atoms with Gasteiger partial charge in [0, 0.05) is 25.3 Å². The second-order valence-corrected chi connectivity index (χ2v) is 4.85. The van der Waals surface area contributed by atoms with Crippen molar-refractivity contribution in [2.75, 3.05) is 25.6 Å². The van der Waals surface area contributed by atoms with Crippen LogP contribution in [0, 0.1) is 13.8 Å². The number of carbonyl (C=O) groups is 1. The van der Waals surface area contributed by atoms with Gasteiger partial charge in [0.1, 0.15) is 5.75 Å². The molecule has 0 saturated carbocycles. The molecule has 0 aliphatic heterocycles. The number of nitrogens with zero attached hydrogens (tertiary/aromatic N) is 1. The van der Waals surface area contributed by atoms with Crippen molar-refractivity contribution in [1.82, 2.24) is 0 Å². The molecular formula is C14H22N2O3. The minimum atomic E-state index is -0.872. The smallest absolute Gasteiger partial charge is 0.304 e. The second-order valence-electron chi connectivity index (χ2n) is 4.85. The van der Waals surface area contributed by atoms with Crippen LogP contribution in [0.5, 0.6) is 5.75 Å². The van der Waals surface area contributed by atoms with Crippen LogP contribution in [0.2, 0.25) is 0 Å². The van der Waals surface area contributed by atoms with E-state index in [1.54, 1.807) is 7.11 Å². The van der Waals surface area contributed by atoms with Crippen molar-refractivity contribution in [2.24, 2.45) is 5.73 Å². The van der Waals surface area contributed by atoms with Crippen LogP contribution in [-0.4, -0.2) is 37.8 Å². The Morgan fingerprint density at radius 2 is 2.05 bits per heavy atom. The molecule has 0 aliphatic rings. The van der Waals surface area contributed by atoms with E-state index < -0.39 is 5.97 Å². The van der Waals surface area contributed by atoms with Gasteiger partial charge in [0.2, 0.25) is 0 Å². The number of carboxylic acids is 1. The number of aliphatic carboxylic acids is 1. The van der Waals surface area contributed by atoms with Gasteiger partial charge in [0.25, 0.3) is 0 Å². The Hall–Kier alpha value is -1.75. The molecule has 0 aromatic heterocycles. The highest BCUT2D eigenvalue weighted by molar-refractivity contribution is 5.67. The SMILES string of the molecule is COc1cc(C)c(N(C)CC(N)CC(=O)O)cc1C. The van der Waals surface area contributed by atoms with E-state index in [0.29, 0.717) is 6.54 Å². The molecule has 5 heteroatoms. The number of aryl methyl sites for hydroxylation is 2. The standard InChI is InChI=1S/C14H22N2O3/c1-9-6-13(19-4)10(2)5-12(9)16(3)8-11(15)7-14(17)18/h5-6,11H,7-8,15H2,1-4H3,(H,17,18). The fourth-order valence-corrected chi connectivity index (χ4v) is 2.14. The molecule has 5 nitrogen and oxygen atoms in total. The minimum absolute atomic E-state index is 0.0292. The van der Waals surface area contributed by atoms with Gasteiger partial charge in [-0.25, -0.2) is 0 Å². The zero-order valence-corrected chi connectivity index (χ0v) is 11.9. The molecule has 1 rings (SSSR count). The molecule has 1 atom stereocenters. The fourth-order valence-electron chi connectivity index (χ4n) is 2.14. The molecule has 0 bridgehead atoms. The first kappa shape index (κ1) is 15.3. The van der Waals surface area contributed by atoms with Crippen LogP contribution in [0.1, 0.15) is 17.5 Å².